The zero-order valence-corrected chi connectivity index (χ0v) is 6.90. The van der Waals surface area contributed by atoms with Gasteiger partial charge in [0.15, 0.2) is 0 Å². The molecule has 1 rings (SSSR count). The Morgan fingerprint density at radius 3 is 2.38 bits per heavy atom. The third-order valence-corrected chi connectivity index (χ3v) is 1.75. The molecular weight excluding hydrogens is 172 g/mol. The second-order valence-corrected chi connectivity index (χ2v) is 2.61. The summed E-state index contributed by atoms with van der Waals surface area (Å²) in [6, 6.07) is 4.37. The van der Waals surface area contributed by atoms with E-state index in [9.17, 15) is 4.79 Å². The maximum absolute atomic E-state index is 10.6. The van der Waals surface area contributed by atoms with Crippen LogP contribution in [-0.4, -0.2) is 21.3 Å². The summed E-state index contributed by atoms with van der Waals surface area (Å²) < 4.78 is 0. The van der Waals surface area contributed by atoms with Crippen LogP contribution in [0.2, 0.25) is 0 Å². The number of aliphatic hydroxyl groups is 2. The van der Waals surface area contributed by atoms with Gasteiger partial charge in [-0.25, -0.2) is 4.79 Å². The number of benzene rings is 1. The van der Waals surface area contributed by atoms with Crippen LogP contribution < -0.4 is 0 Å². The average Bonchev–Trinajstić information content (AvgIpc) is 2.16. The highest BCUT2D eigenvalue weighted by Crippen LogP contribution is 2.12. The molecule has 0 fully saturated rings. The van der Waals surface area contributed by atoms with Crippen molar-refractivity contribution in [1.29, 1.82) is 0 Å². The fourth-order valence-electron chi connectivity index (χ4n) is 1.08. The van der Waals surface area contributed by atoms with E-state index >= 15 is 0 Å². The van der Waals surface area contributed by atoms with Crippen LogP contribution in [0.3, 0.4) is 0 Å². The first kappa shape index (κ1) is 9.70. The van der Waals surface area contributed by atoms with Crippen LogP contribution in [0, 0.1) is 0 Å². The normalized spacial score (nSPS) is 10.0. The molecule has 4 heteroatoms. The molecule has 0 amide bonds. The smallest absolute Gasteiger partial charge is 0.336 e. The molecule has 13 heavy (non-hydrogen) atoms. The molecule has 0 saturated heterocycles. The van der Waals surface area contributed by atoms with Crippen molar-refractivity contribution in [2.45, 2.75) is 13.2 Å². The molecule has 0 aliphatic carbocycles. The highest BCUT2D eigenvalue weighted by atomic mass is 16.4. The van der Waals surface area contributed by atoms with E-state index in [0.717, 1.165) is 0 Å². The number of aliphatic hydroxyl groups excluding tert-OH is 2. The molecule has 0 aliphatic heterocycles. The molecule has 0 aromatic heterocycles. The van der Waals surface area contributed by atoms with E-state index in [2.05, 4.69) is 0 Å². The fraction of sp³-hybridized carbons (Fsp3) is 0.222. The molecule has 0 unspecified atom stereocenters. The lowest BCUT2D eigenvalue weighted by Gasteiger charge is -2.04. The van der Waals surface area contributed by atoms with Gasteiger partial charge in [0.2, 0.25) is 0 Å². The Hall–Kier alpha value is -1.39. The van der Waals surface area contributed by atoms with E-state index < -0.39 is 5.97 Å². The summed E-state index contributed by atoms with van der Waals surface area (Å²) in [5.41, 5.74) is 0.979. The predicted octanol–water partition coefficient (Wildman–Crippen LogP) is 0.369. The van der Waals surface area contributed by atoms with E-state index in [-0.39, 0.29) is 18.8 Å². The van der Waals surface area contributed by atoms with Crippen LogP contribution in [0.4, 0.5) is 0 Å². The molecule has 0 aliphatic rings. The van der Waals surface area contributed by atoms with E-state index in [0.29, 0.717) is 11.1 Å². The van der Waals surface area contributed by atoms with Crippen molar-refractivity contribution in [3.8, 4) is 0 Å². The van der Waals surface area contributed by atoms with Gasteiger partial charge in [0.05, 0.1) is 18.8 Å². The third-order valence-electron chi connectivity index (χ3n) is 1.75. The summed E-state index contributed by atoms with van der Waals surface area (Å²) in [5, 5.41) is 26.3. The van der Waals surface area contributed by atoms with E-state index in [1.54, 1.807) is 0 Å². The van der Waals surface area contributed by atoms with Crippen molar-refractivity contribution in [2.24, 2.45) is 0 Å². The molecule has 70 valence electrons. The van der Waals surface area contributed by atoms with Crippen molar-refractivity contribution in [3.63, 3.8) is 0 Å². The van der Waals surface area contributed by atoms with Crippen molar-refractivity contribution >= 4 is 5.97 Å². The second-order valence-electron chi connectivity index (χ2n) is 2.61. The van der Waals surface area contributed by atoms with Gasteiger partial charge in [0.25, 0.3) is 0 Å². The molecule has 0 spiro atoms. The minimum absolute atomic E-state index is 0.0692. The molecule has 1 aromatic rings. The quantitative estimate of drug-likeness (QED) is 0.631. The Labute approximate surface area is 75.1 Å². The van der Waals surface area contributed by atoms with Crippen molar-refractivity contribution < 1.29 is 20.1 Å². The maximum atomic E-state index is 10.6. The summed E-state index contributed by atoms with van der Waals surface area (Å²) >= 11 is 0. The number of rotatable bonds is 3. The summed E-state index contributed by atoms with van der Waals surface area (Å²) in [5.74, 6) is -1.08. The Balaban J connectivity index is 3.15. The van der Waals surface area contributed by atoms with E-state index in [4.69, 9.17) is 15.3 Å². The maximum Gasteiger partial charge on any atom is 0.336 e. The van der Waals surface area contributed by atoms with Crippen molar-refractivity contribution in [3.05, 3.63) is 34.9 Å². The average molecular weight is 182 g/mol. The molecular formula is C9H10O4. The number of aromatic carboxylic acids is 1. The minimum atomic E-state index is -1.08. The first-order valence-corrected chi connectivity index (χ1v) is 3.76. The number of carboxylic acid groups (broad SMARTS) is 1. The van der Waals surface area contributed by atoms with Gasteiger partial charge in [-0.1, -0.05) is 12.1 Å². The standard InChI is InChI=1S/C9H10O4/c10-4-6-1-2-8(9(12)13)7(3-6)5-11/h1-3,10-11H,4-5H2,(H,12,13). The number of hydrogen-bond acceptors (Lipinski definition) is 3. The van der Waals surface area contributed by atoms with E-state index in [1.807, 2.05) is 0 Å². The number of carbonyl (C=O) groups is 1. The predicted molar refractivity (Wildman–Crippen MR) is 45.2 cm³/mol. The van der Waals surface area contributed by atoms with Crippen LogP contribution in [0.5, 0.6) is 0 Å². The fourth-order valence-corrected chi connectivity index (χ4v) is 1.08. The van der Waals surface area contributed by atoms with Gasteiger partial charge in [-0.3, -0.25) is 0 Å². The van der Waals surface area contributed by atoms with Crippen LogP contribution in [-0.2, 0) is 13.2 Å². The lowest BCUT2D eigenvalue weighted by atomic mass is 10.1. The van der Waals surface area contributed by atoms with Gasteiger partial charge >= 0.3 is 5.97 Å². The van der Waals surface area contributed by atoms with Gasteiger partial charge in [0.1, 0.15) is 0 Å². The Morgan fingerprint density at radius 1 is 1.23 bits per heavy atom. The summed E-state index contributed by atoms with van der Waals surface area (Å²) in [7, 11) is 0. The van der Waals surface area contributed by atoms with E-state index in [1.165, 1.54) is 18.2 Å². The zero-order valence-electron chi connectivity index (χ0n) is 6.90. The molecule has 0 bridgehead atoms. The number of carboxylic acids is 1. The van der Waals surface area contributed by atoms with Crippen LogP contribution in [0.25, 0.3) is 0 Å². The zero-order chi connectivity index (χ0) is 9.84. The van der Waals surface area contributed by atoms with Crippen molar-refractivity contribution in [1.82, 2.24) is 0 Å². The van der Waals surface area contributed by atoms with Crippen LogP contribution in [0.1, 0.15) is 21.5 Å². The van der Waals surface area contributed by atoms with Gasteiger partial charge in [-0.2, -0.15) is 0 Å². The Bertz CT molecular complexity index is 319. The first-order chi connectivity index (χ1) is 6.19. The molecule has 0 radical (unpaired) electrons. The van der Waals surface area contributed by atoms with Crippen molar-refractivity contribution in [2.75, 3.05) is 0 Å². The summed E-state index contributed by atoms with van der Waals surface area (Å²) in [6.07, 6.45) is 0. The van der Waals surface area contributed by atoms with Gasteiger partial charge < -0.3 is 15.3 Å². The second kappa shape index (κ2) is 4.02. The van der Waals surface area contributed by atoms with Crippen LogP contribution >= 0.6 is 0 Å². The SMILES string of the molecule is O=C(O)c1ccc(CO)cc1CO. The highest BCUT2D eigenvalue weighted by molar-refractivity contribution is 5.89. The molecule has 0 atom stereocenters. The monoisotopic (exact) mass is 182 g/mol. The van der Waals surface area contributed by atoms with Crippen LogP contribution in [0.15, 0.2) is 18.2 Å². The molecule has 0 saturated carbocycles. The molecule has 4 nitrogen and oxygen atoms in total. The minimum Gasteiger partial charge on any atom is -0.478 e. The van der Waals surface area contributed by atoms with Gasteiger partial charge in [-0.05, 0) is 17.2 Å². The lowest BCUT2D eigenvalue weighted by molar-refractivity contribution is 0.0693. The Morgan fingerprint density at radius 2 is 1.92 bits per heavy atom. The first-order valence-electron chi connectivity index (χ1n) is 3.76. The molecule has 3 N–H and O–H groups in total. The highest BCUT2D eigenvalue weighted by Gasteiger charge is 2.09. The summed E-state index contributed by atoms with van der Waals surface area (Å²) in [4.78, 5) is 10.6. The Kier molecular flexibility index (Phi) is 3.00. The molecule has 1 aromatic carbocycles. The number of hydrogen-bond donors (Lipinski definition) is 3. The summed E-state index contributed by atoms with van der Waals surface area (Å²) in [6.45, 7) is -0.498. The van der Waals surface area contributed by atoms with Gasteiger partial charge in [-0.15, -0.1) is 0 Å². The molecule has 0 heterocycles. The lowest BCUT2D eigenvalue weighted by Crippen LogP contribution is -2.03. The third kappa shape index (κ3) is 2.05. The largest absolute Gasteiger partial charge is 0.478 e. The topological polar surface area (TPSA) is 77.8 Å². The van der Waals surface area contributed by atoms with Gasteiger partial charge in [0, 0.05) is 0 Å².